The van der Waals surface area contributed by atoms with Crippen molar-refractivity contribution in [1.82, 2.24) is 20.6 Å². The Morgan fingerprint density at radius 2 is 1.67 bits per heavy atom. The normalized spacial score (nSPS) is 13.6. The van der Waals surface area contributed by atoms with Gasteiger partial charge in [-0.2, -0.15) is 0 Å². The van der Waals surface area contributed by atoms with Gasteiger partial charge < -0.3 is 31.6 Å². The van der Waals surface area contributed by atoms with Gasteiger partial charge in [0, 0.05) is 24.7 Å². The predicted octanol–water partition coefficient (Wildman–Crippen LogP) is -0.949. The maximum absolute atomic E-state index is 12.7. The molecule has 160 valence electrons. The van der Waals surface area contributed by atoms with Crippen molar-refractivity contribution in [2.24, 2.45) is 5.73 Å². The highest BCUT2D eigenvalue weighted by molar-refractivity contribution is 5.93. The lowest BCUT2D eigenvalue weighted by molar-refractivity contribution is -0.147. The predicted molar refractivity (Wildman–Crippen MR) is 104 cm³/mol. The Kier molecular flexibility index (Phi) is 8.06. The monoisotopic (exact) mass is 417 g/mol. The molecular formula is C19H23N5O6. The van der Waals surface area contributed by atoms with Crippen molar-refractivity contribution in [2.45, 2.75) is 37.4 Å². The van der Waals surface area contributed by atoms with E-state index in [4.69, 9.17) is 15.9 Å². The van der Waals surface area contributed by atoms with Crippen LogP contribution in [0.25, 0.3) is 0 Å². The largest absolute Gasteiger partial charge is 0.481 e. The second-order valence-electron chi connectivity index (χ2n) is 6.64. The highest BCUT2D eigenvalue weighted by Gasteiger charge is 2.29. The molecule has 1 heterocycles. The molecule has 0 aliphatic carbocycles. The fourth-order valence-corrected chi connectivity index (χ4v) is 2.71. The van der Waals surface area contributed by atoms with Crippen LogP contribution in [-0.2, 0) is 32.0 Å². The third kappa shape index (κ3) is 7.02. The summed E-state index contributed by atoms with van der Waals surface area (Å²) in [6.45, 7) is 0. The van der Waals surface area contributed by atoms with Crippen LogP contribution >= 0.6 is 0 Å². The van der Waals surface area contributed by atoms with Gasteiger partial charge >= 0.3 is 11.9 Å². The van der Waals surface area contributed by atoms with Gasteiger partial charge in [0.15, 0.2) is 0 Å². The van der Waals surface area contributed by atoms with Crippen LogP contribution in [-0.4, -0.2) is 62.1 Å². The number of aromatic amines is 1. The number of aromatic nitrogens is 2. The van der Waals surface area contributed by atoms with Crippen LogP contribution in [0.3, 0.4) is 0 Å². The average molecular weight is 417 g/mol. The minimum Gasteiger partial charge on any atom is -0.481 e. The number of nitrogens with one attached hydrogen (secondary N) is 3. The first-order valence-corrected chi connectivity index (χ1v) is 9.08. The van der Waals surface area contributed by atoms with Crippen molar-refractivity contribution >= 4 is 23.8 Å². The summed E-state index contributed by atoms with van der Waals surface area (Å²) in [5.74, 6) is -4.32. The molecule has 11 heteroatoms. The van der Waals surface area contributed by atoms with Crippen molar-refractivity contribution < 1.29 is 29.4 Å². The molecule has 3 unspecified atom stereocenters. The summed E-state index contributed by atoms with van der Waals surface area (Å²) in [5, 5.41) is 22.7. The summed E-state index contributed by atoms with van der Waals surface area (Å²) in [4.78, 5) is 54.0. The average Bonchev–Trinajstić information content (AvgIpc) is 3.20. The molecule has 0 bridgehead atoms. The van der Waals surface area contributed by atoms with Crippen molar-refractivity contribution in [3.63, 3.8) is 0 Å². The van der Waals surface area contributed by atoms with E-state index in [2.05, 4.69) is 20.6 Å². The molecule has 7 N–H and O–H groups in total. The first-order chi connectivity index (χ1) is 14.3. The van der Waals surface area contributed by atoms with E-state index in [-0.39, 0.29) is 12.8 Å². The molecule has 11 nitrogen and oxygen atoms in total. The number of H-pyrrole nitrogens is 1. The summed E-state index contributed by atoms with van der Waals surface area (Å²) < 4.78 is 0. The smallest absolute Gasteiger partial charge is 0.326 e. The van der Waals surface area contributed by atoms with Crippen LogP contribution in [0.5, 0.6) is 0 Å². The van der Waals surface area contributed by atoms with E-state index in [1.165, 1.54) is 12.5 Å². The van der Waals surface area contributed by atoms with Gasteiger partial charge in [-0.25, -0.2) is 9.78 Å². The summed E-state index contributed by atoms with van der Waals surface area (Å²) >= 11 is 0. The van der Waals surface area contributed by atoms with Crippen molar-refractivity contribution in [3.05, 3.63) is 54.1 Å². The minimum atomic E-state index is -1.64. The van der Waals surface area contributed by atoms with Crippen LogP contribution in [0, 0.1) is 0 Å². The molecule has 3 atom stereocenters. The van der Waals surface area contributed by atoms with Gasteiger partial charge in [-0.15, -0.1) is 0 Å². The second-order valence-corrected chi connectivity index (χ2v) is 6.64. The molecule has 0 saturated carbocycles. The zero-order valence-corrected chi connectivity index (χ0v) is 15.9. The number of nitrogens with two attached hydrogens (primary N) is 1. The van der Waals surface area contributed by atoms with Crippen molar-refractivity contribution in [3.8, 4) is 0 Å². The quantitative estimate of drug-likeness (QED) is 0.270. The topological polar surface area (TPSA) is 187 Å². The van der Waals surface area contributed by atoms with Crippen molar-refractivity contribution in [2.75, 3.05) is 0 Å². The Bertz CT molecular complexity index is 871. The summed E-state index contributed by atoms with van der Waals surface area (Å²) in [7, 11) is 0. The molecule has 30 heavy (non-hydrogen) atoms. The molecule has 0 saturated heterocycles. The SMILES string of the molecule is NC(Cc1cnc[nH]1)C(=O)NC(Cc1ccccc1)C(=O)NC(CC(=O)O)C(=O)O. The second kappa shape index (κ2) is 10.7. The number of hydrogen-bond donors (Lipinski definition) is 6. The molecule has 0 fully saturated rings. The third-order valence-corrected chi connectivity index (χ3v) is 4.24. The van der Waals surface area contributed by atoms with Gasteiger partial charge in [0.2, 0.25) is 11.8 Å². The number of rotatable bonds is 11. The number of nitrogens with zero attached hydrogens (tertiary/aromatic N) is 1. The van der Waals surface area contributed by atoms with E-state index in [0.717, 1.165) is 0 Å². The zero-order valence-electron chi connectivity index (χ0n) is 15.9. The van der Waals surface area contributed by atoms with Gasteiger partial charge in [0.1, 0.15) is 12.1 Å². The Hall–Kier alpha value is -3.73. The maximum atomic E-state index is 12.7. The van der Waals surface area contributed by atoms with Crippen LogP contribution < -0.4 is 16.4 Å². The lowest BCUT2D eigenvalue weighted by Gasteiger charge is -2.22. The Labute approximate surface area is 171 Å². The number of carbonyl (C=O) groups excluding carboxylic acids is 2. The number of hydrogen-bond acceptors (Lipinski definition) is 6. The third-order valence-electron chi connectivity index (χ3n) is 4.24. The van der Waals surface area contributed by atoms with Crippen LogP contribution in [0.15, 0.2) is 42.9 Å². The lowest BCUT2D eigenvalue weighted by Crippen LogP contribution is -2.55. The fourth-order valence-electron chi connectivity index (χ4n) is 2.71. The Balaban J connectivity index is 2.12. The van der Waals surface area contributed by atoms with E-state index >= 15 is 0 Å². The number of carboxylic acids is 2. The number of carboxylic acid groups (broad SMARTS) is 2. The number of benzene rings is 1. The summed E-state index contributed by atoms with van der Waals surface area (Å²) in [5.41, 5.74) is 7.25. The van der Waals surface area contributed by atoms with Crippen molar-refractivity contribution in [1.29, 1.82) is 0 Å². The maximum Gasteiger partial charge on any atom is 0.326 e. The number of imidazole rings is 1. The number of aliphatic carboxylic acids is 2. The van der Waals surface area contributed by atoms with Gasteiger partial charge in [-0.05, 0) is 5.56 Å². The van der Waals surface area contributed by atoms with Gasteiger partial charge in [0.25, 0.3) is 0 Å². The molecule has 0 radical (unpaired) electrons. The Morgan fingerprint density at radius 1 is 1.00 bits per heavy atom. The van der Waals surface area contributed by atoms with Crippen LogP contribution in [0.1, 0.15) is 17.7 Å². The molecule has 2 aromatic rings. The van der Waals surface area contributed by atoms with Gasteiger partial charge in [0.05, 0.1) is 18.8 Å². The molecule has 2 amide bonds. The number of carbonyl (C=O) groups is 4. The highest BCUT2D eigenvalue weighted by Crippen LogP contribution is 2.06. The molecule has 1 aromatic carbocycles. The first-order valence-electron chi connectivity index (χ1n) is 9.08. The van der Waals surface area contributed by atoms with E-state index in [0.29, 0.717) is 11.3 Å². The van der Waals surface area contributed by atoms with Gasteiger partial charge in [-0.3, -0.25) is 14.4 Å². The molecule has 0 aliphatic rings. The number of amides is 2. The minimum absolute atomic E-state index is 0.0641. The molecule has 0 aliphatic heterocycles. The molecule has 0 spiro atoms. The van der Waals surface area contributed by atoms with Crippen LogP contribution in [0.2, 0.25) is 0 Å². The summed E-state index contributed by atoms with van der Waals surface area (Å²) in [6.07, 6.45) is 2.38. The first kappa shape index (κ1) is 22.6. The molecular weight excluding hydrogens is 394 g/mol. The van der Waals surface area contributed by atoms with E-state index in [1.807, 2.05) is 0 Å². The molecule has 2 rings (SSSR count). The zero-order chi connectivity index (χ0) is 22.1. The van der Waals surface area contributed by atoms with Crippen LogP contribution in [0.4, 0.5) is 0 Å². The fraction of sp³-hybridized carbons (Fsp3) is 0.316. The standard InChI is InChI=1S/C19H23N5O6/c20-13(7-12-9-21-10-22-12)17(27)23-14(6-11-4-2-1-3-5-11)18(28)24-15(19(29)30)8-16(25)26/h1-5,9-10,13-15H,6-8,20H2,(H,21,22)(H,23,27)(H,24,28)(H,25,26)(H,29,30). The van der Waals surface area contributed by atoms with E-state index < -0.39 is 48.3 Å². The lowest BCUT2D eigenvalue weighted by atomic mass is 10.0. The van der Waals surface area contributed by atoms with Gasteiger partial charge in [-0.1, -0.05) is 30.3 Å². The summed E-state index contributed by atoms with van der Waals surface area (Å²) in [6, 6.07) is 5.00. The highest BCUT2D eigenvalue weighted by atomic mass is 16.4. The molecule has 1 aromatic heterocycles. The van der Waals surface area contributed by atoms with E-state index in [9.17, 15) is 19.2 Å². The van der Waals surface area contributed by atoms with E-state index in [1.54, 1.807) is 30.3 Å². The Morgan fingerprint density at radius 3 is 2.23 bits per heavy atom.